The molecule has 3 N–H and O–H groups in total. The van der Waals surface area contributed by atoms with Crippen molar-refractivity contribution in [1.82, 2.24) is 16.0 Å². The second kappa shape index (κ2) is 8.89. The zero-order valence-electron chi connectivity index (χ0n) is 13.8. The third-order valence-electron chi connectivity index (χ3n) is 3.47. The van der Waals surface area contributed by atoms with Crippen molar-refractivity contribution in [3.63, 3.8) is 0 Å². The average molecular weight is 365 g/mol. The van der Waals surface area contributed by atoms with E-state index < -0.39 is 17.6 Å². The van der Waals surface area contributed by atoms with E-state index >= 15 is 0 Å². The van der Waals surface area contributed by atoms with E-state index in [-0.39, 0.29) is 24.7 Å². The van der Waals surface area contributed by atoms with Gasteiger partial charge in [-0.3, -0.25) is 4.79 Å². The molecule has 3 amide bonds. The van der Waals surface area contributed by atoms with Gasteiger partial charge in [0.2, 0.25) is 0 Å². The highest BCUT2D eigenvalue weighted by molar-refractivity contribution is 5.94. The normalized spacial score (nSPS) is 10.9. The van der Waals surface area contributed by atoms with Crippen molar-refractivity contribution in [2.75, 3.05) is 13.1 Å². The average Bonchev–Trinajstić information content (AvgIpc) is 2.63. The molecule has 26 heavy (non-hydrogen) atoms. The Morgan fingerprint density at radius 3 is 2.04 bits per heavy atom. The van der Waals surface area contributed by atoms with Crippen LogP contribution in [0.25, 0.3) is 0 Å². The summed E-state index contributed by atoms with van der Waals surface area (Å²) in [6.45, 7) is 0.718. The van der Waals surface area contributed by atoms with E-state index in [1.807, 2.05) is 30.3 Å². The maximum atomic E-state index is 12.5. The van der Waals surface area contributed by atoms with Crippen molar-refractivity contribution in [2.24, 2.45) is 0 Å². The number of amides is 3. The Kier molecular flexibility index (Phi) is 6.60. The van der Waals surface area contributed by atoms with E-state index in [2.05, 4.69) is 16.0 Å². The molecule has 0 spiro atoms. The summed E-state index contributed by atoms with van der Waals surface area (Å²) in [7, 11) is 0. The summed E-state index contributed by atoms with van der Waals surface area (Å²) >= 11 is 0. The van der Waals surface area contributed by atoms with Crippen molar-refractivity contribution in [3.8, 4) is 0 Å². The number of rotatable bonds is 6. The van der Waals surface area contributed by atoms with Gasteiger partial charge in [-0.15, -0.1) is 0 Å². The van der Waals surface area contributed by atoms with Crippen molar-refractivity contribution in [2.45, 2.75) is 12.7 Å². The molecule has 0 fully saturated rings. The molecule has 0 aliphatic carbocycles. The first-order valence-corrected chi connectivity index (χ1v) is 7.87. The fraction of sp³-hybridized carbons (Fsp3) is 0.222. The van der Waals surface area contributed by atoms with Gasteiger partial charge in [0.15, 0.2) is 0 Å². The van der Waals surface area contributed by atoms with E-state index in [1.165, 1.54) is 0 Å². The first kappa shape index (κ1) is 19.3. The monoisotopic (exact) mass is 365 g/mol. The minimum atomic E-state index is -4.44. The summed E-state index contributed by atoms with van der Waals surface area (Å²) in [5.74, 6) is -0.509. The van der Waals surface area contributed by atoms with Gasteiger partial charge in [-0.2, -0.15) is 13.2 Å². The maximum Gasteiger partial charge on any atom is 0.416 e. The molecule has 0 unspecified atom stereocenters. The number of carbonyl (C=O) groups excluding carboxylic acids is 2. The number of urea groups is 1. The molecule has 0 heterocycles. The van der Waals surface area contributed by atoms with Crippen LogP contribution in [0.5, 0.6) is 0 Å². The molecule has 0 bridgehead atoms. The molecular weight excluding hydrogens is 347 g/mol. The molecule has 0 saturated heterocycles. The van der Waals surface area contributed by atoms with Crippen LogP contribution < -0.4 is 16.0 Å². The van der Waals surface area contributed by atoms with Crippen molar-refractivity contribution >= 4 is 11.9 Å². The smallest absolute Gasteiger partial charge is 0.350 e. The Bertz CT molecular complexity index is 732. The summed E-state index contributed by atoms with van der Waals surface area (Å²) in [6, 6.07) is 12.9. The summed E-state index contributed by atoms with van der Waals surface area (Å²) < 4.78 is 37.4. The number of hydrogen-bond donors (Lipinski definition) is 3. The van der Waals surface area contributed by atoms with Crippen LogP contribution in [0, 0.1) is 0 Å². The predicted molar refractivity (Wildman–Crippen MR) is 90.5 cm³/mol. The molecule has 0 aromatic heterocycles. The Morgan fingerprint density at radius 2 is 1.42 bits per heavy atom. The minimum Gasteiger partial charge on any atom is -0.350 e. The zero-order valence-corrected chi connectivity index (χ0v) is 13.8. The van der Waals surface area contributed by atoms with Crippen molar-refractivity contribution < 1.29 is 22.8 Å². The lowest BCUT2D eigenvalue weighted by Crippen LogP contribution is -2.40. The first-order chi connectivity index (χ1) is 12.4. The number of alkyl halides is 3. The second-order valence-corrected chi connectivity index (χ2v) is 5.43. The largest absolute Gasteiger partial charge is 0.416 e. The number of carbonyl (C=O) groups is 2. The lowest BCUT2D eigenvalue weighted by molar-refractivity contribution is -0.137. The highest BCUT2D eigenvalue weighted by Crippen LogP contribution is 2.28. The predicted octanol–water partition coefficient (Wildman–Crippen LogP) is 2.93. The molecule has 5 nitrogen and oxygen atoms in total. The molecule has 138 valence electrons. The van der Waals surface area contributed by atoms with Gasteiger partial charge < -0.3 is 16.0 Å². The molecule has 2 rings (SSSR count). The van der Waals surface area contributed by atoms with Crippen molar-refractivity contribution in [3.05, 3.63) is 71.3 Å². The zero-order chi connectivity index (χ0) is 19.0. The van der Waals surface area contributed by atoms with Crippen LogP contribution in [0.2, 0.25) is 0 Å². The van der Waals surface area contributed by atoms with Gasteiger partial charge in [0.25, 0.3) is 5.91 Å². The standard InChI is InChI=1S/C18H18F3N3O2/c19-18(20,21)15-8-6-14(7-9-15)16(25)22-10-11-23-17(26)24-12-13-4-2-1-3-5-13/h1-9H,10-12H2,(H,22,25)(H2,23,24,26). The first-order valence-electron chi connectivity index (χ1n) is 7.87. The topological polar surface area (TPSA) is 70.2 Å². The lowest BCUT2D eigenvalue weighted by atomic mass is 10.1. The van der Waals surface area contributed by atoms with E-state index in [9.17, 15) is 22.8 Å². The van der Waals surface area contributed by atoms with Crippen LogP contribution in [0.1, 0.15) is 21.5 Å². The van der Waals surface area contributed by atoms with Gasteiger partial charge in [0, 0.05) is 25.2 Å². The quantitative estimate of drug-likeness (QED) is 0.689. The third-order valence-corrected chi connectivity index (χ3v) is 3.47. The van der Waals surface area contributed by atoms with Gasteiger partial charge in [-0.05, 0) is 29.8 Å². The van der Waals surface area contributed by atoms with Gasteiger partial charge in [0.05, 0.1) is 5.56 Å². The second-order valence-electron chi connectivity index (χ2n) is 5.43. The molecule has 0 atom stereocenters. The maximum absolute atomic E-state index is 12.5. The van der Waals surface area contributed by atoms with Crippen molar-refractivity contribution in [1.29, 1.82) is 0 Å². The van der Waals surface area contributed by atoms with Crippen LogP contribution >= 0.6 is 0 Å². The van der Waals surface area contributed by atoms with Gasteiger partial charge in [-0.1, -0.05) is 30.3 Å². The molecule has 0 saturated carbocycles. The van der Waals surface area contributed by atoms with Gasteiger partial charge in [-0.25, -0.2) is 4.79 Å². The number of hydrogen-bond acceptors (Lipinski definition) is 2. The van der Waals surface area contributed by atoms with Crippen LogP contribution in [-0.4, -0.2) is 25.0 Å². The lowest BCUT2D eigenvalue weighted by Gasteiger charge is -2.10. The number of benzene rings is 2. The Balaban J connectivity index is 1.67. The third kappa shape index (κ3) is 6.12. The molecule has 2 aromatic rings. The van der Waals surface area contributed by atoms with Gasteiger partial charge in [0.1, 0.15) is 0 Å². The SMILES string of the molecule is O=C(NCCNC(=O)c1ccc(C(F)(F)F)cc1)NCc1ccccc1. The highest BCUT2D eigenvalue weighted by Gasteiger charge is 2.30. The Labute approximate surface area is 148 Å². The summed E-state index contributed by atoms with van der Waals surface area (Å²) in [5, 5.41) is 7.77. The Morgan fingerprint density at radius 1 is 0.808 bits per heavy atom. The van der Waals surface area contributed by atoms with E-state index in [1.54, 1.807) is 0 Å². The van der Waals surface area contributed by atoms with E-state index in [0.717, 1.165) is 29.8 Å². The Hall–Kier alpha value is -3.03. The van der Waals surface area contributed by atoms with E-state index in [4.69, 9.17) is 0 Å². The number of nitrogens with one attached hydrogen (secondary N) is 3. The summed E-state index contributed by atoms with van der Waals surface area (Å²) in [6.07, 6.45) is -4.44. The van der Waals surface area contributed by atoms with E-state index in [0.29, 0.717) is 6.54 Å². The molecule has 0 aliphatic heterocycles. The molecule has 8 heteroatoms. The van der Waals surface area contributed by atoms with Crippen LogP contribution in [0.4, 0.5) is 18.0 Å². The molecular formula is C18H18F3N3O2. The van der Waals surface area contributed by atoms with Gasteiger partial charge >= 0.3 is 12.2 Å². The van der Waals surface area contributed by atoms with Crippen LogP contribution in [-0.2, 0) is 12.7 Å². The summed E-state index contributed by atoms with van der Waals surface area (Å²) in [4.78, 5) is 23.5. The summed E-state index contributed by atoms with van der Waals surface area (Å²) in [5.41, 5.74) is 0.260. The molecule has 0 radical (unpaired) electrons. The van der Waals surface area contributed by atoms with Crippen LogP contribution in [0.3, 0.4) is 0 Å². The van der Waals surface area contributed by atoms with Crippen LogP contribution in [0.15, 0.2) is 54.6 Å². The molecule has 0 aliphatic rings. The fourth-order valence-electron chi connectivity index (χ4n) is 2.11. The minimum absolute atomic E-state index is 0.117. The number of halogens is 3. The molecule has 2 aromatic carbocycles. The fourth-order valence-corrected chi connectivity index (χ4v) is 2.11. The highest BCUT2D eigenvalue weighted by atomic mass is 19.4.